The largest absolute Gasteiger partial charge is 1.00 e. The van der Waals surface area contributed by atoms with Gasteiger partial charge in [0.15, 0.2) is 24.8 Å². The van der Waals surface area contributed by atoms with Crippen molar-refractivity contribution in [3.8, 4) is 0 Å². The van der Waals surface area contributed by atoms with Gasteiger partial charge in [-0.15, -0.1) is 0 Å². The van der Waals surface area contributed by atoms with Crippen LogP contribution < -0.4 is 43.1 Å². The maximum atomic E-state index is 2.49. The molecule has 38 heavy (non-hydrogen) atoms. The zero-order valence-electron chi connectivity index (χ0n) is 23.5. The van der Waals surface area contributed by atoms with E-state index in [4.69, 9.17) is 0 Å². The van der Waals surface area contributed by atoms with E-state index >= 15 is 0 Å². The fourth-order valence-electron chi connectivity index (χ4n) is 5.88. The number of halogens is 2. The summed E-state index contributed by atoms with van der Waals surface area (Å²) in [5, 5.41) is 0. The van der Waals surface area contributed by atoms with E-state index < -0.39 is 0 Å². The number of hydrogen-bond donors (Lipinski definition) is 0. The van der Waals surface area contributed by atoms with Crippen molar-refractivity contribution in [2.24, 2.45) is 0 Å². The first-order valence-electron chi connectivity index (χ1n) is 14.4. The van der Waals surface area contributed by atoms with Gasteiger partial charge in [0.1, 0.15) is 13.1 Å². The van der Waals surface area contributed by atoms with Crippen LogP contribution >= 0.6 is 0 Å². The standard InChI is InChI=1S/C32H48N4.2BrH/c1-33-21-15-19-31(33)29-17-13-25-35(27-29)23-11-9-7-5-3-4-6-8-10-12-24-36-26-14-18-30(28-36)32-20-16-22-34(32)2;;/h3-6,13-14,17-18,25-28,31-32H,7-12,15-16,19-24H2,1-2H3;2*1H/q+2;;/p-2/b5-3+,6-4+;;/t31-,32-;;/m1../s1. The Hall–Kier alpha value is -1.34. The normalized spacial score (nSPS) is 20.3. The zero-order chi connectivity index (χ0) is 25.0. The van der Waals surface area contributed by atoms with E-state index in [0.29, 0.717) is 12.1 Å². The summed E-state index contributed by atoms with van der Waals surface area (Å²) >= 11 is 0. The van der Waals surface area contributed by atoms with Gasteiger partial charge < -0.3 is 34.0 Å². The lowest BCUT2D eigenvalue weighted by molar-refractivity contribution is -0.698. The first kappa shape index (κ1) is 32.9. The number of aromatic nitrogens is 2. The molecule has 0 N–H and O–H groups in total. The number of aryl methyl sites for hydroxylation is 2. The number of pyridine rings is 2. The number of nitrogens with zero attached hydrogens (tertiary/aromatic N) is 4. The second-order valence-corrected chi connectivity index (χ2v) is 10.9. The zero-order valence-corrected chi connectivity index (χ0v) is 26.7. The number of unbranched alkanes of at least 4 members (excludes halogenated alkanes) is 4. The summed E-state index contributed by atoms with van der Waals surface area (Å²) < 4.78 is 4.76. The molecule has 2 aliphatic rings. The van der Waals surface area contributed by atoms with Crippen molar-refractivity contribution >= 4 is 0 Å². The molecule has 0 bridgehead atoms. The first-order chi connectivity index (χ1) is 17.7. The van der Waals surface area contributed by atoms with E-state index in [1.165, 1.54) is 88.4 Å². The molecule has 2 fully saturated rings. The van der Waals surface area contributed by atoms with Crippen LogP contribution in [0.4, 0.5) is 0 Å². The molecule has 4 rings (SSSR count). The molecule has 0 radical (unpaired) electrons. The van der Waals surface area contributed by atoms with Crippen molar-refractivity contribution in [1.29, 1.82) is 0 Å². The Labute approximate surface area is 253 Å². The summed E-state index contributed by atoms with van der Waals surface area (Å²) in [5.41, 5.74) is 2.96. The van der Waals surface area contributed by atoms with Gasteiger partial charge in [-0.2, -0.15) is 0 Å². The Balaban J connectivity index is 0.00000253. The summed E-state index contributed by atoms with van der Waals surface area (Å²) in [6.07, 6.45) is 30.8. The molecular weight excluding hydrogens is 600 g/mol. The average molecular weight is 649 g/mol. The Morgan fingerprint density at radius 1 is 0.711 bits per heavy atom. The van der Waals surface area contributed by atoms with Crippen LogP contribution in [-0.4, -0.2) is 37.0 Å². The molecule has 2 aromatic heterocycles. The van der Waals surface area contributed by atoms with Gasteiger partial charge in [-0.25, -0.2) is 9.13 Å². The van der Waals surface area contributed by atoms with Crippen LogP contribution in [0.15, 0.2) is 73.4 Å². The van der Waals surface area contributed by atoms with Crippen LogP contribution in [0.2, 0.25) is 0 Å². The van der Waals surface area contributed by atoms with E-state index in [1.807, 2.05) is 0 Å². The minimum absolute atomic E-state index is 0. The van der Waals surface area contributed by atoms with Crippen molar-refractivity contribution in [3.05, 3.63) is 84.5 Å². The lowest BCUT2D eigenvalue weighted by atomic mass is 10.1. The maximum Gasteiger partial charge on any atom is 0.173 e. The summed E-state index contributed by atoms with van der Waals surface area (Å²) in [6.45, 7) is 4.69. The van der Waals surface area contributed by atoms with E-state index in [1.54, 1.807) is 0 Å². The molecule has 0 aliphatic carbocycles. The second kappa shape index (κ2) is 18.1. The highest BCUT2D eigenvalue weighted by Crippen LogP contribution is 2.30. The molecule has 4 nitrogen and oxygen atoms in total. The number of allylic oxidation sites excluding steroid dienone is 4. The number of hydrogen-bond acceptors (Lipinski definition) is 2. The average Bonchev–Trinajstić information content (AvgIpc) is 3.53. The van der Waals surface area contributed by atoms with E-state index in [9.17, 15) is 0 Å². The lowest BCUT2D eigenvalue weighted by Crippen LogP contribution is -3.00. The topological polar surface area (TPSA) is 14.2 Å². The number of rotatable bonds is 13. The van der Waals surface area contributed by atoms with Gasteiger partial charge in [-0.05, 0) is 90.7 Å². The number of likely N-dealkylation sites (tertiary alicyclic amines) is 2. The van der Waals surface area contributed by atoms with E-state index in [-0.39, 0.29) is 34.0 Å². The third-order valence-corrected chi connectivity index (χ3v) is 8.03. The second-order valence-electron chi connectivity index (χ2n) is 10.9. The van der Waals surface area contributed by atoms with Crippen molar-refractivity contribution in [2.45, 2.75) is 89.4 Å². The molecule has 2 atom stereocenters. The fraction of sp³-hybridized carbons (Fsp3) is 0.562. The molecular formula is C32H48Br2N4. The molecule has 0 saturated carbocycles. The third kappa shape index (κ3) is 10.3. The highest BCUT2D eigenvalue weighted by molar-refractivity contribution is 5.13. The van der Waals surface area contributed by atoms with Gasteiger partial charge in [0.25, 0.3) is 0 Å². The van der Waals surface area contributed by atoms with Gasteiger partial charge >= 0.3 is 0 Å². The molecule has 6 heteroatoms. The van der Waals surface area contributed by atoms with E-state index in [0.717, 1.165) is 13.1 Å². The van der Waals surface area contributed by atoms with Crippen LogP contribution in [0.3, 0.4) is 0 Å². The smallest absolute Gasteiger partial charge is 0.173 e. The molecule has 0 spiro atoms. The van der Waals surface area contributed by atoms with Gasteiger partial charge in [-0.1, -0.05) is 24.3 Å². The Morgan fingerprint density at radius 2 is 1.16 bits per heavy atom. The molecule has 0 aromatic carbocycles. The maximum absolute atomic E-state index is 2.49. The van der Waals surface area contributed by atoms with Crippen LogP contribution in [0.5, 0.6) is 0 Å². The molecule has 2 aromatic rings. The molecule has 210 valence electrons. The molecule has 4 heterocycles. The minimum Gasteiger partial charge on any atom is -1.00 e. The van der Waals surface area contributed by atoms with Crippen LogP contribution in [-0.2, 0) is 13.1 Å². The molecule has 2 aliphatic heterocycles. The van der Waals surface area contributed by atoms with Crippen molar-refractivity contribution in [1.82, 2.24) is 9.80 Å². The monoisotopic (exact) mass is 646 g/mol. The fourth-order valence-corrected chi connectivity index (χ4v) is 5.88. The summed E-state index contributed by atoms with van der Waals surface area (Å²) in [6, 6.07) is 10.3. The Kier molecular flexibility index (Phi) is 15.6. The van der Waals surface area contributed by atoms with Crippen LogP contribution in [0, 0.1) is 0 Å². The molecule has 2 saturated heterocycles. The summed E-state index contributed by atoms with van der Waals surface area (Å²) in [4.78, 5) is 4.98. The minimum atomic E-state index is 0. The summed E-state index contributed by atoms with van der Waals surface area (Å²) in [5.74, 6) is 0. The van der Waals surface area contributed by atoms with Crippen LogP contribution in [0.25, 0.3) is 0 Å². The highest BCUT2D eigenvalue weighted by Gasteiger charge is 2.25. The van der Waals surface area contributed by atoms with Gasteiger partial charge in [0, 0.05) is 48.2 Å². The SMILES string of the molecule is CN1CCC[C@@H]1c1ccc[n+](CCCC/C=C/C=C/CCCC[n+]2cccc([C@H]3CCCN3C)c2)c1.[Br-].[Br-]. The quantitative estimate of drug-likeness (QED) is 0.172. The lowest BCUT2D eigenvalue weighted by Gasteiger charge is -2.18. The summed E-state index contributed by atoms with van der Waals surface area (Å²) in [7, 11) is 4.51. The molecule has 0 unspecified atom stereocenters. The predicted molar refractivity (Wildman–Crippen MR) is 148 cm³/mol. The molecule has 0 amide bonds. The van der Waals surface area contributed by atoms with Gasteiger partial charge in [0.05, 0.1) is 0 Å². The van der Waals surface area contributed by atoms with Gasteiger partial charge in [0.2, 0.25) is 0 Å². The Bertz CT molecular complexity index is 913. The first-order valence-corrected chi connectivity index (χ1v) is 14.4. The Morgan fingerprint density at radius 3 is 1.55 bits per heavy atom. The van der Waals surface area contributed by atoms with Crippen molar-refractivity contribution in [2.75, 3.05) is 27.2 Å². The van der Waals surface area contributed by atoms with Gasteiger partial charge in [-0.3, -0.25) is 9.80 Å². The highest BCUT2D eigenvalue weighted by atomic mass is 79.9. The van der Waals surface area contributed by atoms with E-state index in [2.05, 4.69) is 106 Å². The van der Waals surface area contributed by atoms with Crippen molar-refractivity contribution < 1.29 is 43.1 Å². The third-order valence-electron chi connectivity index (χ3n) is 8.03. The van der Waals surface area contributed by atoms with Crippen molar-refractivity contribution in [3.63, 3.8) is 0 Å². The predicted octanol–water partition coefficient (Wildman–Crippen LogP) is -0.0438. The van der Waals surface area contributed by atoms with Crippen LogP contribution in [0.1, 0.15) is 87.4 Å².